The van der Waals surface area contributed by atoms with Gasteiger partial charge < -0.3 is 5.32 Å². The lowest BCUT2D eigenvalue weighted by molar-refractivity contribution is -0.140. The van der Waals surface area contributed by atoms with Crippen LogP contribution in [0.3, 0.4) is 0 Å². The zero-order chi connectivity index (χ0) is 17.2. The number of carbonyl (C=O) groups excluding carboxylic acids is 1. The Morgan fingerprint density at radius 1 is 1.21 bits per heavy atom. The highest BCUT2D eigenvalue weighted by atomic mass is 19.4. The van der Waals surface area contributed by atoms with Crippen molar-refractivity contribution in [2.24, 2.45) is 0 Å². The topological polar surface area (TPSA) is 45.2 Å². The summed E-state index contributed by atoms with van der Waals surface area (Å²) in [5, 5.41) is 2.66. The predicted octanol–water partition coefficient (Wildman–Crippen LogP) is 2.77. The van der Waals surface area contributed by atoms with Gasteiger partial charge in [-0.2, -0.15) is 13.2 Å². The average molecular weight is 335 g/mol. The van der Waals surface area contributed by atoms with Crippen LogP contribution in [-0.4, -0.2) is 28.9 Å². The molecule has 1 aliphatic rings. The van der Waals surface area contributed by atoms with Gasteiger partial charge in [0.25, 0.3) is 0 Å². The Hall–Kier alpha value is -2.41. The third-order valence-electron chi connectivity index (χ3n) is 3.98. The van der Waals surface area contributed by atoms with Gasteiger partial charge in [0.1, 0.15) is 6.04 Å². The van der Waals surface area contributed by atoms with Crippen LogP contribution in [0.4, 0.5) is 13.2 Å². The zero-order valence-corrected chi connectivity index (χ0v) is 12.8. The summed E-state index contributed by atoms with van der Waals surface area (Å²) in [6.45, 7) is 1.24. The Bertz CT molecular complexity index is 719. The van der Waals surface area contributed by atoms with Crippen LogP contribution in [0, 0.1) is 0 Å². The number of aromatic nitrogens is 1. The lowest BCUT2D eigenvalue weighted by atomic mass is 9.96. The first-order valence-electron chi connectivity index (χ1n) is 7.53. The number of alkyl halides is 3. The minimum Gasteiger partial charge on any atom is -0.353 e. The van der Waals surface area contributed by atoms with Crippen LogP contribution < -0.4 is 5.32 Å². The third-order valence-corrected chi connectivity index (χ3v) is 3.98. The average Bonchev–Trinajstić information content (AvgIpc) is 2.55. The molecule has 0 aliphatic carbocycles. The minimum atomic E-state index is -4.51. The number of rotatable bonds is 3. The quantitative estimate of drug-likeness (QED) is 0.938. The summed E-state index contributed by atoms with van der Waals surface area (Å²) >= 11 is 0. The van der Waals surface area contributed by atoms with Gasteiger partial charge in [-0.15, -0.1) is 0 Å². The van der Waals surface area contributed by atoms with Crippen LogP contribution in [0.25, 0.3) is 0 Å². The molecule has 4 nitrogen and oxygen atoms in total. The van der Waals surface area contributed by atoms with Crippen LogP contribution in [0.2, 0.25) is 0 Å². The van der Waals surface area contributed by atoms with E-state index in [1.54, 1.807) is 23.4 Å². The fourth-order valence-electron chi connectivity index (χ4n) is 2.94. The molecular formula is C17H16F3N3O. The van der Waals surface area contributed by atoms with E-state index in [-0.39, 0.29) is 5.56 Å². The molecule has 0 unspecified atom stereocenters. The number of hydrogen-bond acceptors (Lipinski definition) is 3. The Morgan fingerprint density at radius 2 is 2.00 bits per heavy atom. The van der Waals surface area contributed by atoms with Crippen molar-refractivity contribution < 1.29 is 18.0 Å². The second-order valence-electron chi connectivity index (χ2n) is 5.61. The maximum Gasteiger partial charge on any atom is 0.416 e. The molecule has 1 amide bonds. The molecule has 0 spiro atoms. The first-order valence-corrected chi connectivity index (χ1v) is 7.53. The van der Waals surface area contributed by atoms with Crippen molar-refractivity contribution in [1.29, 1.82) is 0 Å². The molecule has 1 aromatic heterocycles. The van der Waals surface area contributed by atoms with Gasteiger partial charge in [0.2, 0.25) is 5.91 Å². The SMILES string of the molecule is O=C1NCCN(Cc2cccnc2)[C@@H]1c1ccccc1C(F)(F)F. The highest BCUT2D eigenvalue weighted by Gasteiger charge is 2.39. The molecule has 3 rings (SSSR count). The van der Waals surface area contributed by atoms with Crippen molar-refractivity contribution in [3.05, 3.63) is 65.5 Å². The lowest BCUT2D eigenvalue weighted by Crippen LogP contribution is -2.50. The maximum absolute atomic E-state index is 13.3. The largest absolute Gasteiger partial charge is 0.416 e. The smallest absolute Gasteiger partial charge is 0.353 e. The molecule has 0 bridgehead atoms. The molecule has 24 heavy (non-hydrogen) atoms. The molecule has 1 atom stereocenters. The van der Waals surface area contributed by atoms with E-state index < -0.39 is 23.7 Å². The molecule has 0 saturated carbocycles. The second-order valence-corrected chi connectivity index (χ2v) is 5.61. The predicted molar refractivity (Wildman–Crippen MR) is 81.8 cm³/mol. The number of halogens is 3. The molecule has 1 fully saturated rings. The van der Waals surface area contributed by atoms with Crippen molar-refractivity contribution in [1.82, 2.24) is 15.2 Å². The Labute approximate surface area is 137 Å². The number of amides is 1. The fraction of sp³-hybridized carbons (Fsp3) is 0.294. The summed E-state index contributed by atoms with van der Waals surface area (Å²) in [6, 6.07) is 7.86. The Kier molecular flexibility index (Phi) is 4.53. The summed E-state index contributed by atoms with van der Waals surface area (Å²) in [7, 11) is 0. The van der Waals surface area contributed by atoms with E-state index in [9.17, 15) is 18.0 Å². The van der Waals surface area contributed by atoms with E-state index >= 15 is 0 Å². The van der Waals surface area contributed by atoms with E-state index in [1.165, 1.54) is 18.2 Å². The maximum atomic E-state index is 13.3. The van der Waals surface area contributed by atoms with Gasteiger partial charge in [-0.1, -0.05) is 24.3 Å². The number of pyridine rings is 1. The van der Waals surface area contributed by atoms with Gasteiger partial charge in [-0.05, 0) is 23.3 Å². The molecule has 126 valence electrons. The van der Waals surface area contributed by atoms with Gasteiger partial charge >= 0.3 is 6.18 Å². The summed E-state index contributed by atoms with van der Waals surface area (Å²) in [4.78, 5) is 18.1. The first kappa shape index (κ1) is 16.4. The summed E-state index contributed by atoms with van der Waals surface area (Å²) in [6.07, 6.45) is -1.23. The van der Waals surface area contributed by atoms with Crippen LogP contribution in [0.15, 0.2) is 48.8 Å². The molecule has 1 saturated heterocycles. The first-order chi connectivity index (χ1) is 11.5. The summed E-state index contributed by atoms with van der Waals surface area (Å²) < 4.78 is 40.0. The number of nitrogens with zero attached hydrogens (tertiary/aromatic N) is 2. The van der Waals surface area contributed by atoms with Gasteiger partial charge in [0.05, 0.1) is 5.56 Å². The van der Waals surface area contributed by atoms with Gasteiger partial charge in [-0.3, -0.25) is 14.7 Å². The number of carbonyl (C=O) groups is 1. The molecule has 0 radical (unpaired) electrons. The second kappa shape index (κ2) is 6.60. The number of piperazine rings is 1. The van der Waals surface area contributed by atoms with Gasteiger partial charge in [0.15, 0.2) is 0 Å². The zero-order valence-electron chi connectivity index (χ0n) is 12.8. The van der Waals surface area contributed by atoms with Gasteiger partial charge in [0, 0.05) is 32.0 Å². The van der Waals surface area contributed by atoms with Crippen molar-refractivity contribution in [3.8, 4) is 0 Å². The number of nitrogens with one attached hydrogen (secondary N) is 1. The van der Waals surface area contributed by atoms with Crippen LogP contribution >= 0.6 is 0 Å². The molecule has 2 aromatic rings. The molecular weight excluding hydrogens is 319 g/mol. The van der Waals surface area contributed by atoms with Crippen molar-refractivity contribution >= 4 is 5.91 Å². The number of hydrogen-bond donors (Lipinski definition) is 1. The molecule has 2 heterocycles. The summed E-state index contributed by atoms with van der Waals surface area (Å²) in [5.41, 5.74) is 0.0519. The Balaban J connectivity index is 1.98. The highest BCUT2D eigenvalue weighted by Crippen LogP contribution is 2.37. The molecule has 1 aromatic carbocycles. The van der Waals surface area contributed by atoms with E-state index in [1.807, 2.05) is 6.07 Å². The molecule has 1 N–H and O–H groups in total. The highest BCUT2D eigenvalue weighted by molar-refractivity contribution is 5.84. The normalized spacial score (nSPS) is 19.1. The fourth-order valence-corrected chi connectivity index (χ4v) is 2.94. The van der Waals surface area contributed by atoms with Crippen LogP contribution in [0.1, 0.15) is 22.7 Å². The van der Waals surface area contributed by atoms with E-state index in [2.05, 4.69) is 10.3 Å². The van der Waals surface area contributed by atoms with Crippen LogP contribution in [0.5, 0.6) is 0 Å². The number of benzene rings is 1. The van der Waals surface area contributed by atoms with Crippen molar-refractivity contribution in [2.75, 3.05) is 13.1 Å². The monoisotopic (exact) mass is 335 g/mol. The van der Waals surface area contributed by atoms with Crippen LogP contribution in [-0.2, 0) is 17.5 Å². The van der Waals surface area contributed by atoms with Crippen molar-refractivity contribution in [3.63, 3.8) is 0 Å². The standard InChI is InChI=1S/C17H16F3N3O/c18-17(19,20)14-6-2-1-5-13(14)15-16(24)22-8-9-23(15)11-12-4-3-7-21-10-12/h1-7,10,15H,8-9,11H2,(H,22,24)/t15-/m1/s1. The Morgan fingerprint density at radius 3 is 2.71 bits per heavy atom. The van der Waals surface area contributed by atoms with E-state index in [4.69, 9.17) is 0 Å². The lowest BCUT2D eigenvalue weighted by Gasteiger charge is -2.36. The summed E-state index contributed by atoms with van der Waals surface area (Å²) in [5.74, 6) is -0.415. The minimum absolute atomic E-state index is 0.0221. The molecule has 1 aliphatic heterocycles. The van der Waals surface area contributed by atoms with Gasteiger partial charge in [-0.25, -0.2) is 0 Å². The van der Waals surface area contributed by atoms with Crippen molar-refractivity contribution in [2.45, 2.75) is 18.8 Å². The molecule has 7 heteroatoms. The van der Waals surface area contributed by atoms with E-state index in [0.717, 1.165) is 11.6 Å². The third kappa shape index (κ3) is 3.41. The van der Waals surface area contributed by atoms with E-state index in [0.29, 0.717) is 19.6 Å².